The van der Waals surface area contributed by atoms with Gasteiger partial charge in [-0.25, -0.2) is 0 Å². The van der Waals surface area contributed by atoms with Crippen molar-refractivity contribution >= 4 is 5.91 Å². The van der Waals surface area contributed by atoms with Crippen LogP contribution in [0.1, 0.15) is 21.5 Å². The number of phenolic OH excluding ortho intramolecular Hbond substituents is 2. The number of para-hydroxylation sites is 1. The zero-order valence-electron chi connectivity index (χ0n) is 12.6. The fraction of sp³-hybridized carbons (Fsp3) is 0.235. The van der Waals surface area contributed by atoms with E-state index in [0.29, 0.717) is 24.3 Å². The summed E-state index contributed by atoms with van der Waals surface area (Å²) in [5.41, 5.74) is 2.22. The fourth-order valence-corrected chi connectivity index (χ4v) is 2.23. The van der Waals surface area contributed by atoms with Crippen LogP contribution in [0.4, 0.5) is 0 Å². The lowest BCUT2D eigenvalue weighted by Gasteiger charge is -2.11. The Labute approximate surface area is 129 Å². The highest BCUT2D eigenvalue weighted by Gasteiger charge is 2.11. The average Bonchev–Trinajstić information content (AvgIpc) is 2.52. The molecule has 116 valence electrons. The van der Waals surface area contributed by atoms with E-state index >= 15 is 0 Å². The third kappa shape index (κ3) is 3.49. The Kier molecular flexibility index (Phi) is 4.88. The highest BCUT2D eigenvalue weighted by atomic mass is 16.5. The molecule has 1 amide bonds. The number of carbonyl (C=O) groups is 1. The summed E-state index contributed by atoms with van der Waals surface area (Å²) >= 11 is 0. The Hall–Kier alpha value is -2.69. The van der Waals surface area contributed by atoms with Crippen molar-refractivity contribution in [1.29, 1.82) is 0 Å². The van der Waals surface area contributed by atoms with Crippen molar-refractivity contribution in [3.05, 3.63) is 53.1 Å². The van der Waals surface area contributed by atoms with Crippen LogP contribution in [0.25, 0.3) is 0 Å². The number of methoxy groups -OCH3 is 1. The second kappa shape index (κ2) is 6.85. The van der Waals surface area contributed by atoms with Gasteiger partial charge in [-0.1, -0.05) is 12.1 Å². The quantitative estimate of drug-likeness (QED) is 0.741. The third-order valence-electron chi connectivity index (χ3n) is 3.46. The van der Waals surface area contributed by atoms with Crippen molar-refractivity contribution in [3.8, 4) is 17.2 Å². The molecule has 0 spiro atoms. The molecule has 0 radical (unpaired) electrons. The van der Waals surface area contributed by atoms with Gasteiger partial charge in [0.15, 0.2) is 11.5 Å². The molecule has 0 unspecified atom stereocenters. The summed E-state index contributed by atoms with van der Waals surface area (Å²) in [7, 11) is 1.52. The molecule has 5 heteroatoms. The van der Waals surface area contributed by atoms with Crippen LogP contribution in [-0.4, -0.2) is 29.8 Å². The summed E-state index contributed by atoms with van der Waals surface area (Å²) in [5, 5.41) is 21.8. The van der Waals surface area contributed by atoms with Gasteiger partial charge in [0.2, 0.25) is 0 Å². The van der Waals surface area contributed by atoms with Gasteiger partial charge < -0.3 is 20.3 Å². The normalized spacial score (nSPS) is 10.3. The van der Waals surface area contributed by atoms with Crippen LogP contribution >= 0.6 is 0 Å². The molecule has 5 nitrogen and oxygen atoms in total. The monoisotopic (exact) mass is 301 g/mol. The number of aromatic hydroxyl groups is 2. The predicted molar refractivity (Wildman–Crippen MR) is 83.5 cm³/mol. The van der Waals surface area contributed by atoms with E-state index in [9.17, 15) is 15.0 Å². The molecule has 0 aromatic heterocycles. The Balaban J connectivity index is 1.99. The second-order valence-corrected chi connectivity index (χ2v) is 4.97. The number of phenols is 2. The minimum Gasteiger partial charge on any atom is -0.504 e. The molecule has 0 aliphatic heterocycles. The average molecular weight is 301 g/mol. The van der Waals surface area contributed by atoms with Gasteiger partial charge in [-0.15, -0.1) is 0 Å². The molecule has 0 atom stereocenters. The maximum Gasteiger partial charge on any atom is 0.255 e. The fourth-order valence-electron chi connectivity index (χ4n) is 2.23. The summed E-state index contributed by atoms with van der Waals surface area (Å²) in [6.07, 6.45) is 0.556. The first kappa shape index (κ1) is 15.7. The highest BCUT2D eigenvalue weighted by molar-refractivity contribution is 5.96. The summed E-state index contributed by atoms with van der Waals surface area (Å²) in [6, 6.07) is 10.0. The van der Waals surface area contributed by atoms with Crippen LogP contribution in [0.15, 0.2) is 36.4 Å². The molecule has 22 heavy (non-hydrogen) atoms. The number of hydrogen-bond donors (Lipinski definition) is 3. The van der Waals surface area contributed by atoms with E-state index in [1.54, 1.807) is 24.3 Å². The first-order valence-electron chi connectivity index (χ1n) is 6.95. The molecule has 2 rings (SSSR count). The van der Waals surface area contributed by atoms with Crippen molar-refractivity contribution in [2.24, 2.45) is 0 Å². The standard InChI is InChI=1S/C17H19NO4/c1-11-9-14(19)15(20)10-12(11)7-8-18-17(21)13-5-3-4-6-16(13)22-2/h3-6,9-10,19-20H,7-8H2,1-2H3,(H,18,21). The Morgan fingerprint density at radius 2 is 1.86 bits per heavy atom. The number of hydrogen-bond acceptors (Lipinski definition) is 4. The molecule has 0 fully saturated rings. The van der Waals surface area contributed by atoms with Gasteiger partial charge in [0.1, 0.15) is 5.75 Å². The molecule has 2 aromatic rings. The van der Waals surface area contributed by atoms with E-state index in [1.165, 1.54) is 19.2 Å². The molecule has 0 aliphatic carbocycles. The minimum absolute atomic E-state index is 0.140. The molecule has 0 aliphatic rings. The lowest BCUT2D eigenvalue weighted by atomic mass is 10.0. The van der Waals surface area contributed by atoms with Crippen LogP contribution in [0, 0.1) is 6.92 Å². The van der Waals surface area contributed by atoms with Crippen LogP contribution in [0.3, 0.4) is 0 Å². The van der Waals surface area contributed by atoms with Gasteiger partial charge in [-0.2, -0.15) is 0 Å². The lowest BCUT2D eigenvalue weighted by molar-refractivity contribution is 0.0951. The number of amides is 1. The zero-order valence-corrected chi connectivity index (χ0v) is 12.6. The zero-order chi connectivity index (χ0) is 16.1. The van der Waals surface area contributed by atoms with Gasteiger partial charge in [0.05, 0.1) is 12.7 Å². The number of benzene rings is 2. The van der Waals surface area contributed by atoms with Crippen LogP contribution in [0.2, 0.25) is 0 Å². The first-order valence-corrected chi connectivity index (χ1v) is 6.95. The van der Waals surface area contributed by atoms with Crippen molar-refractivity contribution < 1.29 is 19.7 Å². The Morgan fingerprint density at radius 3 is 2.59 bits per heavy atom. The topological polar surface area (TPSA) is 78.8 Å². The first-order chi connectivity index (χ1) is 10.5. The van der Waals surface area contributed by atoms with Gasteiger partial charge in [-0.05, 0) is 48.7 Å². The molecular weight excluding hydrogens is 282 g/mol. The van der Waals surface area contributed by atoms with Gasteiger partial charge >= 0.3 is 0 Å². The smallest absolute Gasteiger partial charge is 0.255 e. The molecule has 0 heterocycles. The van der Waals surface area contributed by atoms with Crippen molar-refractivity contribution in [1.82, 2.24) is 5.32 Å². The van der Waals surface area contributed by atoms with Crippen LogP contribution in [-0.2, 0) is 6.42 Å². The Morgan fingerprint density at radius 1 is 1.18 bits per heavy atom. The summed E-state index contributed by atoms with van der Waals surface area (Å²) in [6.45, 7) is 2.26. The molecule has 0 bridgehead atoms. The largest absolute Gasteiger partial charge is 0.504 e. The van der Waals surface area contributed by atoms with Crippen LogP contribution < -0.4 is 10.1 Å². The molecule has 0 saturated carbocycles. The summed E-state index contributed by atoms with van der Waals surface area (Å²) in [5.74, 6) is 0.0209. The van der Waals surface area contributed by atoms with E-state index in [0.717, 1.165) is 11.1 Å². The van der Waals surface area contributed by atoms with Gasteiger partial charge in [0.25, 0.3) is 5.91 Å². The van der Waals surface area contributed by atoms with Crippen molar-refractivity contribution in [2.75, 3.05) is 13.7 Å². The maximum absolute atomic E-state index is 12.1. The second-order valence-electron chi connectivity index (χ2n) is 4.97. The maximum atomic E-state index is 12.1. The summed E-state index contributed by atoms with van der Waals surface area (Å²) in [4.78, 5) is 12.1. The summed E-state index contributed by atoms with van der Waals surface area (Å²) < 4.78 is 5.16. The number of carbonyl (C=O) groups excluding carboxylic acids is 1. The Bertz CT molecular complexity index is 682. The van der Waals surface area contributed by atoms with E-state index in [2.05, 4.69) is 5.32 Å². The SMILES string of the molecule is COc1ccccc1C(=O)NCCc1cc(O)c(O)cc1C. The van der Waals surface area contributed by atoms with Gasteiger partial charge in [0, 0.05) is 6.54 Å². The molecule has 3 N–H and O–H groups in total. The van der Waals surface area contributed by atoms with E-state index in [4.69, 9.17) is 4.74 Å². The van der Waals surface area contributed by atoms with E-state index in [-0.39, 0.29) is 17.4 Å². The van der Waals surface area contributed by atoms with Crippen molar-refractivity contribution in [2.45, 2.75) is 13.3 Å². The molecule has 0 saturated heterocycles. The minimum atomic E-state index is -0.210. The molecular formula is C17H19NO4. The highest BCUT2D eigenvalue weighted by Crippen LogP contribution is 2.28. The van der Waals surface area contributed by atoms with Crippen LogP contribution in [0.5, 0.6) is 17.2 Å². The van der Waals surface area contributed by atoms with E-state index < -0.39 is 0 Å². The predicted octanol–water partition coefficient (Wildman–Crippen LogP) is 2.39. The van der Waals surface area contributed by atoms with E-state index in [1.807, 2.05) is 6.92 Å². The molecule has 2 aromatic carbocycles. The number of nitrogens with one attached hydrogen (secondary N) is 1. The van der Waals surface area contributed by atoms with Crippen molar-refractivity contribution in [3.63, 3.8) is 0 Å². The number of ether oxygens (including phenoxy) is 1. The lowest BCUT2D eigenvalue weighted by Crippen LogP contribution is -2.26. The van der Waals surface area contributed by atoms with Gasteiger partial charge in [-0.3, -0.25) is 4.79 Å². The number of aryl methyl sites for hydroxylation is 1. The number of rotatable bonds is 5. The third-order valence-corrected chi connectivity index (χ3v) is 3.46.